The molecule has 0 unspecified atom stereocenters. The molecule has 0 radical (unpaired) electrons. The molecule has 0 saturated heterocycles. The summed E-state index contributed by atoms with van der Waals surface area (Å²) in [4.78, 5) is 36.0. The van der Waals surface area contributed by atoms with E-state index in [2.05, 4.69) is 16.2 Å². The van der Waals surface area contributed by atoms with Gasteiger partial charge < -0.3 is 9.73 Å². The van der Waals surface area contributed by atoms with Crippen molar-refractivity contribution in [3.05, 3.63) is 76.8 Å². The number of amides is 3. The van der Waals surface area contributed by atoms with Crippen molar-refractivity contribution in [2.24, 2.45) is 0 Å². The fourth-order valence-electron chi connectivity index (χ4n) is 2.00. The van der Waals surface area contributed by atoms with Crippen LogP contribution in [0.4, 0.5) is 9.39 Å². The first-order chi connectivity index (χ1) is 12.5. The van der Waals surface area contributed by atoms with Crippen LogP contribution >= 0.6 is 11.3 Å². The number of nitrogens with one attached hydrogen (secondary N) is 3. The molecule has 26 heavy (non-hydrogen) atoms. The third kappa shape index (κ3) is 3.95. The van der Waals surface area contributed by atoms with Crippen LogP contribution in [0.25, 0.3) is 0 Å². The predicted octanol–water partition coefficient (Wildman–Crippen LogP) is 2.81. The lowest BCUT2D eigenvalue weighted by atomic mass is 10.2. The van der Waals surface area contributed by atoms with E-state index in [4.69, 9.17) is 4.42 Å². The van der Waals surface area contributed by atoms with E-state index in [1.54, 1.807) is 12.1 Å². The van der Waals surface area contributed by atoms with Crippen molar-refractivity contribution in [3.63, 3.8) is 0 Å². The topological polar surface area (TPSA) is 100 Å². The molecule has 0 spiro atoms. The summed E-state index contributed by atoms with van der Waals surface area (Å²) in [6.45, 7) is 0. The summed E-state index contributed by atoms with van der Waals surface area (Å²) in [6, 6.07) is 11.5. The molecular formula is C17H12FN3O4S. The summed E-state index contributed by atoms with van der Waals surface area (Å²) in [5.41, 5.74) is 4.14. The normalized spacial score (nSPS) is 10.2. The zero-order valence-electron chi connectivity index (χ0n) is 13.1. The van der Waals surface area contributed by atoms with Crippen molar-refractivity contribution in [1.29, 1.82) is 0 Å². The SMILES string of the molecule is O=C(Nc1ccc(C(=O)NNC(=O)c2ccccc2F)s1)c1ccco1. The number of benzene rings is 1. The number of hydrogen-bond donors (Lipinski definition) is 3. The lowest BCUT2D eigenvalue weighted by Gasteiger charge is -2.06. The van der Waals surface area contributed by atoms with E-state index >= 15 is 0 Å². The van der Waals surface area contributed by atoms with Crippen molar-refractivity contribution in [2.75, 3.05) is 5.32 Å². The van der Waals surface area contributed by atoms with Gasteiger partial charge in [0.25, 0.3) is 17.7 Å². The van der Waals surface area contributed by atoms with Gasteiger partial charge >= 0.3 is 0 Å². The van der Waals surface area contributed by atoms with Crippen molar-refractivity contribution in [2.45, 2.75) is 0 Å². The minimum atomic E-state index is -0.778. The number of carbonyl (C=O) groups is 3. The Morgan fingerprint density at radius 1 is 0.885 bits per heavy atom. The highest BCUT2D eigenvalue weighted by Gasteiger charge is 2.15. The van der Waals surface area contributed by atoms with Crippen LogP contribution in [0.2, 0.25) is 0 Å². The van der Waals surface area contributed by atoms with Crippen molar-refractivity contribution < 1.29 is 23.2 Å². The first-order valence-electron chi connectivity index (χ1n) is 7.34. The quantitative estimate of drug-likeness (QED) is 0.612. The zero-order chi connectivity index (χ0) is 18.5. The summed E-state index contributed by atoms with van der Waals surface area (Å²) in [5, 5.41) is 3.01. The molecule has 9 heteroatoms. The molecule has 0 aliphatic heterocycles. The average molecular weight is 373 g/mol. The fraction of sp³-hybridized carbons (Fsp3) is 0. The van der Waals surface area contributed by atoms with Gasteiger partial charge in [-0.05, 0) is 36.4 Å². The van der Waals surface area contributed by atoms with Crippen LogP contribution in [0.1, 0.15) is 30.6 Å². The maximum absolute atomic E-state index is 13.5. The number of thiophene rings is 1. The van der Waals surface area contributed by atoms with Gasteiger partial charge in [0.05, 0.1) is 21.7 Å². The lowest BCUT2D eigenvalue weighted by Crippen LogP contribution is -2.41. The molecule has 132 valence electrons. The van der Waals surface area contributed by atoms with E-state index in [1.807, 2.05) is 0 Å². The molecule has 0 bridgehead atoms. The molecule has 0 aliphatic rings. The second-order valence-corrected chi connectivity index (χ2v) is 6.07. The van der Waals surface area contributed by atoms with E-state index in [0.717, 1.165) is 17.4 Å². The van der Waals surface area contributed by atoms with E-state index in [1.165, 1.54) is 36.6 Å². The molecule has 3 rings (SSSR count). The Bertz CT molecular complexity index is 953. The van der Waals surface area contributed by atoms with Crippen LogP contribution in [0.5, 0.6) is 0 Å². The van der Waals surface area contributed by atoms with Crippen LogP contribution in [-0.4, -0.2) is 17.7 Å². The van der Waals surface area contributed by atoms with Gasteiger partial charge in [0, 0.05) is 0 Å². The molecule has 1 aromatic carbocycles. The van der Waals surface area contributed by atoms with Gasteiger partial charge in [0.15, 0.2) is 5.76 Å². The minimum absolute atomic E-state index is 0.140. The zero-order valence-corrected chi connectivity index (χ0v) is 13.9. The monoisotopic (exact) mass is 373 g/mol. The van der Waals surface area contributed by atoms with Gasteiger partial charge in [-0.25, -0.2) is 4.39 Å². The van der Waals surface area contributed by atoms with Crippen LogP contribution in [0.3, 0.4) is 0 Å². The molecule has 0 aliphatic carbocycles. The van der Waals surface area contributed by atoms with Crippen molar-refractivity contribution in [3.8, 4) is 0 Å². The van der Waals surface area contributed by atoms with Crippen molar-refractivity contribution >= 4 is 34.1 Å². The summed E-state index contributed by atoms with van der Waals surface area (Å²) >= 11 is 1.01. The number of carbonyl (C=O) groups excluding carboxylic acids is 3. The highest BCUT2D eigenvalue weighted by molar-refractivity contribution is 7.18. The molecule has 2 heterocycles. The Balaban J connectivity index is 1.57. The van der Waals surface area contributed by atoms with Gasteiger partial charge in [0.2, 0.25) is 0 Å². The van der Waals surface area contributed by atoms with Gasteiger partial charge in [-0.2, -0.15) is 0 Å². The van der Waals surface area contributed by atoms with E-state index < -0.39 is 23.5 Å². The Hall–Kier alpha value is -3.46. The number of hydrogen-bond acceptors (Lipinski definition) is 5. The van der Waals surface area contributed by atoms with Gasteiger partial charge in [-0.15, -0.1) is 11.3 Å². The Kier molecular flexibility index (Phi) is 5.09. The molecule has 3 N–H and O–H groups in total. The van der Waals surface area contributed by atoms with E-state index in [-0.39, 0.29) is 16.2 Å². The summed E-state index contributed by atoms with van der Waals surface area (Å²) in [5.74, 6) is -2.38. The maximum Gasteiger partial charge on any atom is 0.291 e. The lowest BCUT2D eigenvalue weighted by molar-refractivity contribution is 0.0846. The Labute approximate surface area is 150 Å². The molecule has 2 aromatic heterocycles. The average Bonchev–Trinajstić information content (AvgIpc) is 3.31. The summed E-state index contributed by atoms with van der Waals surface area (Å²) < 4.78 is 18.5. The highest BCUT2D eigenvalue weighted by atomic mass is 32.1. The van der Waals surface area contributed by atoms with Crippen LogP contribution in [-0.2, 0) is 0 Å². The molecule has 0 atom stereocenters. The molecule has 7 nitrogen and oxygen atoms in total. The third-order valence-electron chi connectivity index (χ3n) is 3.22. The molecular weight excluding hydrogens is 361 g/mol. The van der Waals surface area contributed by atoms with Gasteiger partial charge in [-0.1, -0.05) is 12.1 Å². The smallest absolute Gasteiger partial charge is 0.291 e. The number of hydrazine groups is 1. The largest absolute Gasteiger partial charge is 0.459 e. The Morgan fingerprint density at radius 2 is 1.65 bits per heavy atom. The van der Waals surface area contributed by atoms with E-state index in [0.29, 0.717) is 5.00 Å². The first-order valence-corrected chi connectivity index (χ1v) is 8.16. The maximum atomic E-state index is 13.5. The molecule has 0 fully saturated rings. The number of furan rings is 1. The highest BCUT2D eigenvalue weighted by Crippen LogP contribution is 2.22. The number of anilines is 1. The van der Waals surface area contributed by atoms with Crippen molar-refractivity contribution in [1.82, 2.24) is 10.9 Å². The summed E-state index contributed by atoms with van der Waals surface area (Å²) in [7, 11) is 0. The molecule has 3 aromatic rings. The molecule has 3 amide bonds. The first kappa shape index (κ1) is 17.4. The van der Waals surface area contributed by atoms with Gasteiger partial charge in [0.1, 0.15) is 5.82 Å². The minimum Gasteiger partial charge on any atom is -0.459 e. The van der Waals surface area contributed by atoms with Crippen LogP contribution < -0.4 is 16.2 Å². The standard InChI is InChI=1S/C17H12FN3O4S/c18-11-5-2-1-4-10(11)15(22)20-21-17(24)13-7-8-14(26-13)19-16(23)12-6-3-9-25-12/h1-9H,(H,19,23)(H,20,22)(H,21,24). The summed E-state index contributed by atoms with van der Waals surface area (Å²) in [6.07, 6.45) is 1.38. The number of rotatable bonds is 4. The Morgan fingerprint density at radius 3 is 2.38 bits per heavy atom. The van der Waals surface area contributed by atoms with E-state index in [9.17, 15) is 18.8 Å². The van der Waals surface area contributed by atoms with Crippen LogP contribution in [0.15, 0.2) is 59.2 Å². The predicted molar refractivity (Wildman–Crippen MR) is 92.3 cm³/mol. The molecule has 0 saturated carbocycles. The second-order valence-electron chi connectivity index (χ2n) is 4.98. The number of halogens is 1. The third-order valence-corrected chi connectivity index (χ3v) is 4.22. The fourth-order valence-corrected chi connectivity index (χ4v) is 2.79. The van der Waals surface area contributed by atoms with Crippen LogP contribution in [0, 0.1) is 5.82 Å². The van der Waals surface area contributed by atoms with Gasteiger partial charge in [-0.3, -0.25) is 25.2 Å². The second kappa shape index (κ2) is 7.62.